The highest BCUT2D eigenvalue weighted by Gasteiger charge is 1.92. The zero-order valence-electron chi connectivity index (χ0n) is 7.91. The number of nitrogens with zero attached hydrogens (tertiary/aromatic N) is 4. The summed E-state index contributed by atoms with van der Waals surface area (Å²) in [5.74, 6) is 0.688. The molecular formula is C8H11N7. The van der Waals surface area contributed by atoms with E-state index in [0.717, 1.165) is 0 Å². The molecule has 78 valence electrons. The molecule has 0 aliphatic heterocycles. The van der Waals surface area contributed by atoms with Crippen LogP contribution in [0.15, 0.2) is 30.9 Å². The average Bonchev–Trinajstić information content (AvgIpc) is 2.19. The SMILES string of the molecule is Nc1cc(N)nc(N)n1.c1cncnc1. The van der Waals surface area contributed by atoms with Crippen molar-refractivity contribution >= 4 is 17.6 Å². The van der Waals surface area contributed by atoms with Crippen LogP contribution in [0.4, 0.5) is 17.6 Å². The number of rotatable bonds is 0. The summed E-state index contributed by atoms with van der Waals surface area (Å²) in [6.07, 6.45) is 4.88. The van der Waals surface area contributed by atoms with Crippen LogP contribution in [0.25, 0.3) is 0 Å². The van der Waals surface area contributed by atoms with Crippen LogP contribution < -0.4 is 17.2 Å². The van der Waals surface area contributed by atoms with Crippen molar-refractivity contribution < 1.29 is 0 Å². The molecule has 0 bridgehead atoms. The molecule has 0 saturated heterocycles. The lowest BCUT2D eigenvalue weighted by Gasteiger charge is -1.94. The van der Waals surface area contributed by atoms with Crippen LogP contribution in [0.3, 0.4) is 0 Å². The van der Waals surface area contributed by atoms with Crippen molar-refractivity contribution in [2.75, 3.05) is 17.2 Å². The first-order valence-corrected chi connectivity index (χ1v) is 4.04. The Labute approximate surface area is 86.4 Å². The number of anilines is 3. The van der Waals surface area contributed by atoms with Gasteiger partial charge in [-0.2, -0.15) is 9.97 Å². The summed E-state index contributed by atoms with van der Waals surface area (Å²) in [6.45, 7) is 0. The molecule has 7 heteroatoms. The van der Waals surface area contributed by atoms with Gasteiger partial charge in [0.25, 0.3) is 0 Å². The van der Waals surface area contributed by atoms with Crippen LogP contribution in [-0.2, 0) is 0 Å². The maximum atomic E-state index is 5.25. The summed E-state index contributed by atoms with van der Waals surface area (Å²) < 4.78 is 0. The summed E-state index contributed by atoms with van der Waals surface area (Å²) in [7, 11) is 0. The van der Waals surface area contributed by atoms with E-state index in [-0.39, 0.29) is 5.95 Å². The Kier molecular flexibility index (Phi) is 3.78. The van der Waals surface area contributed by atoms with Gasteiger partial charge < -0.3 is 17.2 Å². The molecule has 0 fully saturated rings. The van der Waals surface area contributed by atoms with E-state index in [2.05, 4.69) is 19.9 Å². The molecule has 0 aliphatic carbocycles. The lowest BCUT2D eigenvalue weighted by atomic mass is 10.5. The molecule has 0 amide bonds. The van der Waals surface area contributed by atoms with Gasteiger partial charge in [-0.15, -0.1) is 0 Å². The van der Waals surface area contributed by atoms with Crippen molar-refractivity contribution in [2.45, 2.75) is 0 Å². The minimum atomic E-state index is 0.104. The standard InChI is InChI=1S/C4H7N5.C4H4N2/c5-2-1-3(6)9-4(7)8-2;1-2-5-4-6-3-1/h1H,(H6,5,6,7,8,9);1-4H. The summed E-state index contributed by atoms with van der Waals surface area (Å²) in [5, 5.41) is 0. The summed E-state index contributed by atoms with van der Waals surface area (Å²) >= 11 is 0. The van der Waals surface area contributed by atoms with E-state index in [1.807, 2.05) is 0 Å². The highest BCUT2D eigenvalue weighted by Crippen LogP contribution is 2.03. The monoisotopic (exact) mass is 205 g/mol. The van der Waals surface area contributed by atoms with E-state index in [1.54, 1.807) is 18.5 Å². The Morgan fingerprint density at radius 1 is 0.867 bits per heavy atom. The molecule has 0 unspecified atom stereocenters. The molecule has 0 atom stereocenters. The Morgan fingerprint density at radius 3 is 1.67 bits per heavy atom. The van der Waals surface area contributed by atoms with Crippen molar-refractivity contribution in [1.29, 1.82) is 0 Å². The van der Waals surface area contributed by atoms with Crippen molar-refractivity contribution in [2.24, 2.45) is 0 Å². The zero-order valence-corrected chi connectivity index (χ0v) is 7.91. The van der Waals surface area contributed by atoms with Gasteiger partial charge in [0.2, 0.25) is 5.95 Å². The number of hydrogen-bond acceptors (Lipinski definition) is 7. The summed E-state index contributed by atoms with van der Waals surface area (Å²) in [5.41, 5.74) is 15.7. The Morgan fingerprint density at radius 2 is 1.40 bits per heavy atom. The fourth-order valence-electron chi connectivity index (χ4n) is 0.759. The van der Waals surface area contributed by atoms with Gasteiger partial charge in [0.1, 0.15) is 18.0 Å². The molecule has 0 aromatic carbocycles. The van der Waals surface area contributed by atoms with Crippen molar-refractivity contribution in [3.63, 3.8) is 0 Å². The lowest BCUT2D eigenvalue weighted by Crippen LogP contribution is -2.01. The largest absolute Gasteiger partial charge is 0.383 e. The molecule has 0 radical (unpaired) electrons. The zero-order chi connectivity index (χ0) is 11.1. The third-order valence-corrected chi connectivity index (χ3v) is 1.26. The molecule has 7 nitrogen and oxygen atoms in total. The van der Waals surface area contributed by atoms with E-state index < -0.39 is 0 Å². The van der Waals surface area contributed by atoms with E-state index in [9.17, 15) is 0 Å². The first-order chi connectivity index (χ1) is 7.18. The van der Waals surface area contributed by atoms with Gasteiger partial charge in [-0.3, -0.25) is 0 Å². The van der Waals surface area contributed by atoms with Crippen molar-refractivity contribution in [1.82, 2.24) is 19.9 Å². The van der Waals surface area contributed by atoms with Crippen LogP contribution in [-0.4, -0.2) is 19.9 Å². The number of aromatic nitrogens is 4. The van der Waals surface area contributed by atoms with Gasteiger partial charge in [0, 0.05) is 18.5 Å². The molecule has 0 saturated carbocycles. The van der Waals surface area contributed by atoms with Gasteiger partial charge in [-0.05, 0) is 6.07 Å². The van der Waals surface area contributed by atoms with Gasteiger partial charge in [-0.1, -0.05) is 0 Å². The van der Waals surface area contributed by atoms with Crippen molar-refractivity contribution in [3.05, 3.63) is 30.9 Å². The fourth-order valence-corrected chi connectivity index (χ4v) is 0.759. The highest BCUT2D eigenvalue weighted by molar-refractivity contribution is 5.44. The van der Waals surface area contributed by atoms with Crippen LogP contribution in [0.1, 0.15) is 0 Å². The average molecular weight is 205 g/mol. The summed E-state index contributed by atoms with van der Waals surface area (Å²) in [6, 6.07) is 3.22. The number of nitrogen functional groups attached to an aromatic ring is 3. The molecular weight excluding hydrogens is 194 g/mol. The minimum absolute atomic E-state index is 0.104. The molecule has 2 rings (SSSR count). The van der Waals surface area contributed by atoms with Crippen LogP contribution in [0, 0.1) is 0 Å². The van der Waals surface area contributed by atoms with E-state index >= 15 is 0 Å². The van der Waals surface area contributed by atoms with E-state index in [1.165, 1.54) is 12.4 Å². The molecule has 2 heterocycles. The first kappa shape index (κ1) is 10.6. The van der Waals surface area contributed by atoms with Crippen LogP contribution in [0.2, 0.25) is 0 Å². The van der Waals surface area contributed by atoms with E-state index in [0.29, 0.717) is 11.6 Å². The number of hydrogen-bond donors (Lipinski definition) is 3. The van der Waals surface area contributed by atoms with Gasteiger partial charge >= 0.3 is 0 Å². The third kappa shape index (κ3) is 4.36. The number of nitrogens with two attached hydrogens (primary N) is 3. The second-order valence-electron chi connectivity index (χ2n) is 2.48. The van der Waals surface area contributed by atoms with E-state index in [4.69, 9.17) is 17.2 Å². The minimum Gasteiger partial charge on any atom is -0.383 e. The summed E-state index contributed by atoms with van der Waals surface area (Å²) in [4.78, 5) is 14.5. The molecule has 0 spiro atoms. The Bertz CT molecular complexity index is 326. The Hall–Kier alpha value is -2.44. The van der Waals surface area contributed by atoms with Crippen LogP contribution in [0.5, 0.6) is 0 Å². The predicted octanol–water partition coefficient (Wildman–Crippen LogP) is -0.300. The smallest absolute Gasteiger partial charge is 0.223 e. The first-order valence-electron chi connectivity index (χ1n) is 4.04. The lowest BCUT2D eigenvalue weighted by molar-refractivity contribution is 1.17. The second kappa shape index (κ2) is 5.32. The Balaban J connectivity index is 0.000000162. The quantitative estimate of drug-likeness (QED) is 0.538. The fraction of sp³-hybridized carbons (Fsp3) is 0. The normalized spacial score (nSPS) is 8.80. The van der Waals surface area contributed by atoms with Crippen LogP contribution >= 0.6 is 0 Å². The third-order valence-electron chi connectivity index (χ3n) is 1.26. The molecule has 15 heavy (non-hydrogen) atoms. The highest BCUT2D eigenvalue weighted by atomic mass is 15.1. The molecule has 2 aromatic rings. The predicted molar refractivity (Wildman–Crippen MR) is 57.3 cm³/mol. The molecule has 2 aromatic heterocycles. The van der Waals surface area contributed by atoms with Gasteiger partial charge in [-0.25, -0.2) is 9.97 Å². The maximum absolute atomic E-state index is 5.25. The molecule has 6 N–H and O–H groups in total. The maximum Gasteiger partial charge on any atom is 0.223 e. The van der Waals surface area contributed by atoms with Gasteiger partial charge in [0.05, 0.1) is 0 Å². The topological polar surface area (TPSA) is 130 Å². The second-order valence-corrected chi connectivity index (χ2v) is 2.48. The van der Waals surface area contributed by atoms with Crippen molar-refractivity contribution in [3.8, 4) is 0 Å². The van der Waals surface area contributed by atoms with Gasteiger partial charge in [0.15, 0.2) is 0 Å². The molecule has 0 aliphatic rings.